The summed E-state index contributed by atoms with van der Waals surface area (Å²) in [6.07, 6.45) is -3.73. The van der Waals surface area contributed by atoms with Crippen LogP contribution in [0.15, 0.2) is 36.4 Å². The van der Waals surface area contributed by atoms with Crippen LogP contribution >= 0.6 is 0 Å². The van der Waals surface area contributed by atoms with Crippen molar-refractivity contribution in [1.29, 1.82) is 0 Å². The molecule has 2 aliphatic rings. The van der Waals surface area contributed by atoms with Crippen molar-refractivity contribution in [2.24, 2.45) is 0 Å². The first kappa shape index (κ1) is 23.1. The molecule has 2 heterocycles. The lowest BCUT2D eigenvalue weighted by Gasteiger charge is -2.28. The molecule has 1 atom stereocenters. The standard InChI is InChI=1S/C20H21N3O2.C2HF3O2/c1-12-3-4-15(11-18(12)23-8-7-19(24)22-20(23)25)14-5-6-17-16(10-14)9-13(2)21-17;3-2(4,5)1(6)7/h3-6,10-11,13,21H,7-9H2,1-2H3,(H,22,24,25);(H,6,7)/t13-;/m0./s1. The highest BCUT2D eigenvalue weighted by Gasteiger charge is 2.38. The molecule has 4 rings (SSSR count). The van der Waals surface area contributed by atoms with Gasteiger partial charge in [-0.15, -0.1) is 0 Å². The molecule has 2 aromatic carbocycles. The Morgan fingerprint density at radius 3 is 2.38 bits per heavy atom. The molecule has 3 amide bonds. The van der Waals surface area contributed by atoms with Crippen molar-refractivity contribution < 1.29 is 32.7 Å². The van der Waals surface area contributed by atoms with E-state index >= 15 is 0 Å². The van der Waals surface area contributed by atoms with Crippen molar-refractivity contribution in [1.82, 2.24) is 5.32 Å². The number of rotatable bonds is 2. The Kier molecular flexibility index (Phi) is 6.42. The van der Waals surface area contributed by atoms with Gasteiger partial charge in [0.25, 0.3) is 0 Å². The van der Waals surface area contributed by atoms with E-state index in [4.69, 9.17) is 9.90 Å². The Morgan fingerprint density at radius 1 is 1.12 bits per heavy atom. The fraction of sp³-hybridized carbons (Fsp3) is 0.318. The van der Waals surface area contributed by atoms with E-state index in [0.29, 0.717) is 19.0 Å². The number of imide groups is 1. The van der Waals surface area contributed by atoms with E-state index in [1.807, 2.05) is 19.1 Å². The molecule has 0 spiro atoms. The molecule has 3 N–H and O–H groups in total. The number of carbonyl (C=O) groups excluding carboxylic acids is 2. The number of aliphatic carboxylic acids is 1. The lowest BCUT2D eigenvalue weighted by atomic mass is 9.99. The maximum absolute atomic E-state index is 12.2. The second kappa shape index (κ2) is 8.89. The van der Waals surface area contributed by atoms with Gasteiger partial charge in [0.1, 0.15) is 0 Å². The number of amides is 3. The smallest absolute Gasteiger partial charge is 0.475 e. The number of anilines is 2. The molecule has 1 saturated heterocycles. The maximum Gasteiger partial charge on any atom is 0.490 e. The van der Waals surface area contributed by atoms with Crippen LogP contribution in [-0.4, -0.2) is 41.8 Å². The van der Waals surface area contributed by atoms with Crippen LogP contribution in [-0.2, 0) is 16.0 Å². The third-order valence-corrected chi connectivity index (χ3v) is 5.16. The number of aryl methyl sites for hydroxylation is 1. The van der Waals surface area contributed by atoms with Gasteiger partial charge in [-0.1, -0.05) is 18.2 Å². The van der Waals surface area contributed by atoms with Gasteiger partial charge < -0.3 is 10.4 Å². The lowest BCUT2D eigenvalue weighted by Crippen LogP contribution is -2.49. The van der Waals surface area contributed by atoms with E-state index in [0.717, 1.165) is 28.8 Å². The first-order chi connectivity index (χ1) is 15.0. The summed E-state index contributed by atoms with van der Waals surface area (Å²) in [5.74, 6) is -2.97. The summed E-state index contributed by atoms with van der Waals surface area (Å²) < 4.78 is 31.7. The zero-order valence-electron chi connectivity index (χ0n) is 17.4. The zero-order chi connectivity index (χ0) is 23.6. The average Bonchev–Trinajstić information content (AvgIpc) is 3.08. The van der Waals surface area contributed by atoms with Crippen molar-refractivity contribution in [3.63, 3.8) is 0 Å². The van der Waals surface area contributed by atoms with Crippen molar-refractivity contribution in [2.45, 2.75) is 38.9 Å². The Labute approximate surface area is 182 Å². The van der Waals surface area contributed by atoms with E-state index < -0.39 is 12.1 Å². The quantitative estimate of drug-likeness (QED) is 0.641. The minimum absolute atomic E-state index is 0.213. The molecule has 0 aliphatic carbocycles. The van der Waals surface area contributed by atoms with Crippen LogP contribution in [0.4, 0.5) is 29.3 Å². The largest absolute Gasteiger partial charge is 0.490 e. The zero-order valence-corrected chi connectivity index (χ0v) is 17.4. The number of carbonyl (C=O) groups is 3. The monoisotopic (exact) mass is 449 g/mol. The SMILES string of the molecule is Cc1ccc(-c2ccc3c(c2)C[C@H](C)N3)cc1N1CCC(=O)NC1=O.O=C(O)C(F)(F)F. The molecule has 170 valence electrons. The molecular weight excluding hydrogens is 427 g/mol. The van der Waals surface area contributed by atoms with Crippen LogP contribution in [0.3, 0.4) is 0 Å². The van der Waals surface area contributed by atoms with Crippen molar-refractivity contribution in [3.05, 3.63) is 47.5 Å². The Bertz CT molecular complexity index is 1070. The number of urea groups is 1. The van der Waals surface area contributed by atoms with Gasteiger partial charge in [0.15, 0.2) is 0 Å². The third-order valence-electron chi connectivity index (χ3n) is 5.16. The average molecular weight is 449 g/mol. The van der Waals surface area contributed by atoms with Crippen molar-refractivity contribution in [2.75, 3.05) is 16.8 Å². The first-order valence-electron chi connectivity index (χ1n) is 9.87. The summed E-state index contributed by atoms with van der Waals surface area (Å²) in [6.45, 7) is 4.58. The maximum atomic E-state index is 12.2. The summed E-state index contributed by atoms with van der Waals surface area (Å²) in [5, 5.41) is 13.0. The molecule has 32 heavy (non-hydrogen) atoms. The van der Waals surface area contributed by atoms with Gasteiger partial charge in [-0.2, -0.15) is 13.2 Å². The van der Waals surface area contributed by atoms with E-state index in [-0.39, 0.29) is 11.9 Å². The number of hydrogen-bond acceptors (Lipinski definition) is 4. The van der Waals surface area contributed by atoms with Crippen LogP contribution in [0.5, 0.6) is 0 Å². The molecule has 7 nitrogen and oxygen atoms in total. The molecule has 10 heteroatoms. The Balaban J connectivity index is 0.000000360. The fourth-order valence-electron chi connectivity index (χ4n) is 3.60. The number of nitrogens with one attached hydrogen (secondary N) is 2. The topological polar surface area (TPSA) is 98.7 Å². The van der Waals surface area contributed by atoms with E-state index in [2.05, 4.69) is 41.8 Å². The number of hydrogen-bond donors (Lipinski definition) is 3. The van der Waals surface area contributed by atoms with Gasteiger partial charge >= 0.3 is 18.2 Å². The fourth-order valence-corrected chi connectivity index (χ4v) is 3.60. The highest BCUT2D eigenvalue weighted by atomic mass is 19.4. The lowest BCUT2D eigenvalue weighted by molar-refractivity contribution is -0.192. The van der Waals surface area contributed by atoms with Gasteiger partial charge in [0.2, 0.25) is 5.91 Å². The summed E-state index contributed by atoms with van der Waals surface area (Å²) in [6, 6.07) is 12.7. The van der Waals surface area contributed by atoms with Gasteiger partial charge in [-0.3, -0.25) is 15.0 Å². The second-order valence-corrected chi connectivity index (χ2v) is 7.68. The van der Waals surface area contributed by atoms with Crippen LogP contribution in [0.25, 0.3) is 11.1 Å². The predicted octanol–water partition coefficient (Wildman–Crippen LogP) is 4.10. The first-order valence-corrected chi connectivity index (χ1v) is 9.87. The molecule has 0 radical (unpaired) electrons. The van der Waals surface area contributed by atoms with Crippen molar-refractivity contribution in [3.8, 4) is 11.1 Å². The number of benzene rings is 2. The number of carboxylic acids is 1. The van der Waals surface area contributed by atoms with Crippen molar-refractivity contribution >= 4 is 29.3 Å². The minimum Gasteiger partial charge on any atom is -0.475 e. The Morgan fingerprint density at radius 2 is 1.75 bits per heavy atom. The number of alkyl halides is 3. The molecule has 0 unspecified atom stereocenters. The molecule has 0 bridgehead atoms. The second-order valence-electron chi connectivity index (χ2n) is 7.68. The van der Waals surface area contributed by atoms with Crippen LogP contribution in [0.2, 0.25) is 0 Å². The van der Waals surface area contributed by atoms with E-state index in [9.17, 15) is 22.8 Å². The van der Waals surface area contributed by atoms with E-state index in [1.54, 1.807) is 4.90 Å². The number of fused-ring (bicyclic) bond motifs is 1. The predicted molar refractivity (Wildman–Crippen MR) is 113 cm³/mol. The van der Waals surface area contributed by atoms with Crippen LogP contribution in [0, 0.1) is 6.92 Å². The highest BCUT2D eigenvalue weighted by molar-refractivity contribution is 6.06. The molecule has 1 fully saturated rings. The molecule has 0 aromatic heterocycles. The molecule has 2 aliphatic heterocycles. The molecule has 0 saturated carbocycles. The van der Waals surface area contributed by atoms with Crippen LogP contribution in [0.1, 0.15) is 24.5 Å². The van der Waals surface area contributed by atoms with Gasteiger partial charge in [0, 0.05) is 30.4 Å². The van der Waals surface area contributed by atoms with Crippen LogP contribution < -0.4 is 15.5 Å². The summed E-state index contributed by atoms with van der Waals surface area (Å²) in [7, 11) is 0. The number of carboxylic acid groups (broad SMARTS) is 1. The van der Waals surface area contributed by atoms with Gasteiger partial charge in [0.05, 0.1) is 0 Å². The summed E-state index contributed by atoms with van der Waals surface area (Å²) in [5.41, 5.74) is 6.63. The third kappa shape index (κ3) is 5.19. The van der Waals surface area contributed by atoms with Gasteiger partial charge in [-0.05, 0) is 60.7 Å². The summed E-state index contributed by atoms with van der Waals surface area (Å²) >= 11 is 0. The highest BCUT2D eigenvalue weighted by Crippen LogP contribution is 2.33. The van der Waals surface area contributed by atoms with Gasteiger partial charge in [-0.25, -0.2) is 9.59 Å². The number of halogens is 3. The van der Waals surface area contributed by atoms with E-state index in [1.165, 1.54) is 11.3 Å². The Hall–Kier alpha value is -3.56. The minimum atomic E-state index is -5.08. The summed E-state index contributed by atoms with van der Waals surface area (Å²) in [4.78, 5) is 34.1. The normalized spacial score (nSPS) is 17.7. The number of nitrogens with zero attached hydrogens (tertiary/aromatic N) is 1. The molecule has 2 aromatic rings. The molecular formula is C22H22F3N3O4.